The number of aliphatic carboxylic acids is 1. The van der Waals surface area contributed by atoms with E-state index in [1.807, 2.05) is 13.0 Å². The third-order valence-electron chi connectivity index (χ3n) is 2.71. The SMILES string of the molecule is Cc1cc(CCC(=O)O)nc2c(Cl)ccc(Cl)c12. The molecule has 1 heterocycles. The number of hydrogen-bond acceptors (Lipinski definition) is 2. The van der Waals surface area contributed by atoms with Crippen LogP contribution in [0.3, 0.4) is 0 Å². The van der Waals surface area contributed by atoms with Crippen molar-refractivity contribution in [3.8, 4) is 0 Å². The molecule has 2 rings (SSSR count). The highest BCUT2D eigenvalue weighted by atomic mass is 35.5. The van der Waals surface area contributed by atoms with E-state index in [2.05, 4.69) is 4.98 Å². The molecular weight excluding hydrogens is 273 g/mol. The summed E-state index contributed by atoms with van der Waals surface area (Å²) < 4.78 is 0. The van der Waals surface area contributed by atoms with Crippen LogP contribution >= 0.6 is 23.2 Å². The Balaban J connectivity index is 2.54. The van der Waals surface area contributed by atoms with Crippen LogP contribution < -0.4 is 0 Å². The van der Waals surface area contributed by atoms with Crippen LogP contribution in [-0.4, -0.2) is 16.1 Å². The van der Waals surface area contributed by atoms with E-state index in [0.29, 0.717) is 27.7 Å². The lowest BCUT2D eigenvalue weighted by Crippen LogP contribution is -2.00. The number of halogens is 2. The van der Waals surface area contributed by atoms with Gasteiger partial charge in [-0.05, 0) is 30.7 Å². The van der Waals surface area contributed by atoms with Gasteiger partial charge in [0.1, 0.15) is 0 Å². The van der Waals surface area contributed by atoms with Crippen molar-refractivity contribution in [1.29, 1.82) is 0 Å². The number of nitrogens with zero attached hydrogens (tertiary/aromatic N) is 1. The monoisotopic (exact) mass is 283 g/mol. The molecule has 0 aliphatic heterocycles. The summed E-state index contributed by atoms with van der Waals surface area (Å²) in [5.74, 6) is -0.841. The molecule has 1 N–H and O–H groups in total. The summed E-state index contributed by atoms with van der Waals surface area (Å²) in [6.07, 6.45) is 0.436. The summed E-state index contributed by atoms with van der Waals surface area (Å²) in [4.78, 5) is 15.0. The molecule has 94 valence electrons. The molecule has 5 heteroatoms. The lowest BCUT2D eigenvalue weighted by Gasteiger charge is -2.08. The van der Waals surface area contributed by atoms with Gasteiger partial charge in [-0.3, -0.25) is 9.78 Å². The summed E-state index contributed by atoms with van der Waals surface area (Å²) in [5.41, 5.74) is 2.30. The van der Waals surface area contributed by atoms with E-state index in [1.54, 1.807) is 12.1 Å². The predicted octanol–water partition coefficient (Wildman–Crippen LogP) is 3.87. The van der Waals surface area contributed by atoms with Crippen molar-refractivity contribution in [3.05, 3.63) is 39.5 Å². The van der Waals surface area contributed by atoms with Gasteiger partial charge in [0.15, 0.2) is 0 Å². The summed E-state index contributed by atoms with van der Waals surface area (Å²) in [5, 5.41) is 10.6. The third kappa shape index (κ3) is 2.57. The number of carboxylic acid groups (broad SMARTS) is 1. The molecular formula is C13H11Cl2NO2. The molecule has 0 amide bonds. The van der Waals surface area contributed by atoms with Crippen molar-refractivity contribution in [2.45, 2.75) is 19.8 Å². The summed E-state index contributed by atoms with van der Waals surface area (Å²) >= 11 is 12.2. The first kappa shape index (κ1) is 13.1. The van der Waals surface area contributed by atoms with Crippen LogP contribution in [0.15, 0.2) is 18.2 Å². The molecule has 0 aliphatic rings. The molecule has 0 unspecified atom stereocenters. The normalized spacial score (nSPS) is 10.8. The Morgan fingerprint density at radius 1 is 1.33 bits per heavy atom. The second kappa shape index (κ2) is 5.12. The van der Waals surface area contributed by atoms with E-state index in [-0.39, 0.29) is 6.42 Å². The number of aryl methyl sites for hydroxylation is 2. The number of hydrogen-bond donors (Lipinski definition) is 1. The van der Waals surface area contributed by atoms with E-state index in [9.17, 15) is 4.79 Å². The number of benzene rings is 1. The standard InChI is InChI=1S/C13H11Cl2NO2/c1-7-6-8(2-5-11(17)18)16-13-10(15)4-3-9(14)12(7)13/h3-4,6H,2,5H2,1H3,(H,17,18). The summed E-state index contributed by atoms with van der Waals surface area (Å²) in [7, 11) is 0. The first-order chi connectivity index (χ1) is 8.49. The van der Waals surface area contributed by atoms with Crippen molar-refractivity contribution in [2.75, 3.05) is 0 Å². The van der Waals surface area contributed by atoms with Crippen molar-refractivity contribution in [2.24, 2.45) is 0 Å². The molecule has 3 nitrogen and oxygen atoms in total. The lowest BCUT2D eigenvalue weighted by molar-refractivity contribution is -0.136. The van der Waals surface area contributed by atoms with E-state index < -0.39 is 5.97 Å². The Morgan fingerprint density at radius 2 is 2.00 bits per heavy atom. The molecule has 18 heavy (non-hydrogen) atoms. The predicted molar refractivity (Wildman–Crippen MR) is 72.5 cm³/mol. The van der Waals surface area contributed by atoms with Crippen molar-refractivity contribution in [1.82, 2.24) is 4.98 Å². The van der Waals surface area contributed by atoms with Gasteiger partial charge in [0, 0.05) is 17.5 Å². The number of aromatic nitrogens is 1. The molecule has 0 atom stereocenters. The molecule has 0 radical (unpaired) electrons. The molecule has 0 saturated heterocycles. The minimum Gasteiger partial charge on any atom is -0.481 e. The number of rotatable bonds is 3. The third-order valence-corrected chi connectivity index (χ3v) is 3.33. The molecule has 1 aromatic carbocycles. The van der Waals surface area contributed by atoms with Gasteiger partial charge in [-0.1, -0.05) is 23.2 Å². The van der Waals surface area contributed by atoms with Crippen LogP contribution in [0.2, 0.25) is 10.0 Å². The summed E-state index contributed by atoms with van der Waals surface area (Å²) in [6, 6.07) is 5.28. The molecule has 2 aromatic rings. The van der Waals surface area contributed by atoms with Crippen LogP contribution in [0.1, 0.15) is 17.7 Å². The van der Waals surface area contributed by atoms with Crippen LogP contribution in [0.25, 0.3) is 10.9 Å². The molecule has 0 spiro atoms. The molecule has 0 bridgehead atoms. The number of carboxylic acids is 1. The highest BCUT2D eigenvalue weighted by Crippen LogP contribution is 2.31. The zero-order valence-electron chi connectivity index (χ0n) is 9.70. The largest absolute Gasteiger partial charge is 0.481 e. The van der Waals surface area contributed by atoms with Gasteiger partial charge in [0.05, 0.1) is 22.0 Å². The fourth-order valence-electron chi connectivity index (χ4n) is 1.89. The molecule has 0 saturated carbocycles. The number of fused-ring (bicyclic) bond motifs is 1. The zero-order valence-corrected chi connectivity index (χ0v) is 11.2. The van der Waals surface area contributed by atoms with E-state index in [4.69, 9.17) is 28.3 Å². The number of carbonyl (C=O) groups is 1. The Bertz CT molecular complexity index is 626. The van der Waals surface area contributed by atoms with Crippen molar-refractivity contribution >= 4 is 40.1 Å². The van der Waals surface area contributed by atoms with Gasteiger partial charge in [0.2, 0.25) is 0 Å². The van der Waals surface area contributed by atoms with Gasteiger partial charge in [-0.15, -0.1) is 0 Å². The van der Waals surface area contributed by atoms with E-state index in [1.165, 1.54) is 0 Å². The zero-order chi connectivity index (χ0) is 13.3. The lowest BCUT2D eigenvalue weighted by atomic mass is 10.1. The maximum absolute atomic E-state index is 10.6. The quantitative estimate of drug-likeness (QED) is 0.930. The second-order valence-corrected chi connectivity index (χ2v) is 4.89. The smallest absolute Gasteiger partial charge is 0.303 e. The fraction of sp³-hybridized carbons (Fsp3) is 0.231. The van der Waals surface area contributed by atoms with E-state index in [0.717, 1.165) is 10.9 Å². The fourth-order valence-corrected chi connectivity index (χ4v) is 2.39. The maximum Gasteiger partial charge on any atom is 0.303 e. The molecule has 0 fully saturated rings. The highest BCUT2D eigenvalue weighted by molar-refractivity contribution is 6.40. The Kier molecular flexibility index (Phi) is 3.73. The Hall–Kier alpha value is -1.32. The Morgan fingerprint density at radius 3 is 2.67 bits per heavy atom. The molecule has 0 aliphatic carbocycles. The van der Waals surface area contributed by atoms with Crippen LogP contribution in [0.5, 0.6) is 0 Å². The van der Waals surface area contributed by atoms with Crippen LogP contribution in [-0.2, 0) is 11.2 Å². The second-order valence-electron chi connectivity index (χ2n) is 4.08. The summed E-state index contributed by atoms with van der Waals surface area (Å²) in [6.45, 7) is 1.91. The van der Waals surface area contributed by atoms with Gasteiger partial charge in [0.25, 0.3) is 0 Å². The van der Waals surface area contributed by atoms with Gasteiger partial charge in [-0.25, -0.2) is 0 Å². The Labute approximate surface area is 114 Å². The first-order valence-corrected chi connectivity index (χ1v) is 6.20. The van der Waals surface area contributed by atoms with Crippen LogP contribution in [0.4, 0.5) is 0 Å². The first-order valence-electron chi connectivity index (χ1n) is 5.45. The minimum atomic E-state index is -0.841. The van der Waals surface area contributed by atoms with Crippen molar-refractivity contribution in [3.63, 3.8) is 0 Å². The van der Waals surface area contributed by atoms with Gasteiger partial charge < -0.3 is 5.11 Å². The van der Waals surface area contributed by atoms with Gasteiger partial charge in [-0.2, -0.15) is 0 Å². The number of pyridine rings is 1. The van der Waals surface area contributed by atoms with E-state index >= 15 is 0 Å². The minimum absolute atomic E-state index is 0.0517. The average Bonchev–Trinajstić information content (AvgIpc) is 2.31. The van der Waals surface area contributed by atoms with Gasteiger partial charge >= 0.3 is 5.97 Å². The van der Waals surface area contributed by atoms with Crippen LogP contribution in [0, 0.1) is 6.92 Å². The molecule has 1 aromatic heterocycles. The average molecular weight is 284 g/mol. The van der Waals surface area contributed by atoms with Crippen molar-refractivity contribution < 1.29 is 9.90 Å². The highest BCUT2D eigenvalue weighted by Gasteiger charge is 2.10. The maximum atomic E-state index is 10.6. The topological polar surface area (TPSA) is 50.2 Å².